The number of fused-ring (bicyclic) bond motifs is 1. The van der Waals surface area contributed by atoms with Gasteiger partial charge in [-0.05, 0) is 48.9 Å². The smallest absolute Gasteiger partial charge is 0.416 e. The monoisotopic (exact) mass is 323 g/mol. The molecule has 114 valence electrons. The molecule has 0 saturated carbocycles. The van der Waals surface area contributed by atoms with Crippen molar-refractivity contribution >= 4 is 21.6 Å². The van der Waals surface area contributed by atoms with Crippen LogP contribution in [0.15, 0.2) is 36.4 Å². The maximum absolute atomic E-state index is 13.0. The summed E-state index contributed by atoms with van der Waals surface area (Å²) in [5, 5.41) is 0.695. The number of hydrogen-bond acceptors (Lipinski definition) is 3. The molecule has 0 amide bonds. The van der Waals surface area contributed by atoms with Crippen LogP contribution in [0.5, 0.6) is 5.75 Å². The predicted molar refractivity (Wildman–Crippen MR) is 81.3 cm³/mol. The van der Waals surface area contributed by atoms with Gasteiger partial charge in [0.2, 0.25) is 0 Å². The molecular formula is C16H12F3NOS. The lowest BCUT2D eigenvalue weighted by molar-refractivity contribution is -0.137. The molecule has 3 aromatic rings. The number of alkyl halides is 3. The van der Waals surface area contributed by atoms with Crippen molar-refractivity contribution in [1.82, 2.24) is 4.98 Å². The Kier molecular flexibility index (Phi) is 3.56. The van der Waals surface area contributed by atoms with Crippen LogP contribution in [0.25, 0.3) is 20.8 Å². The van der Waals surface area contributed by atoms with Gasteiger partial charge in [-0.25, -0.2) is 4.98 Å². The molecule has 0 bridgehead atoms. The number of thiazole rings is 1. The highest BCUT2D eigenvalue weighted by atomic mass is 32.1. The minimum absolute atomic E-state index is 0.168. The number of hydrogen-bond donors (Lipinski definition) is 0. The van der Waals surface area contributed by atoms with Crippen molar-refractivity contribution in [2.75, 3.05) is 7.11 Å². The third-order valence-electron chi connectivity index (χ3n) is 3.46. The van der Waals surface area contributed by atoms with Crippen LogP contribution in [0.2, 0.25) is 0 Å². The zero-order valence-electron chi connectivity index (χ0n) is 11.9. The van der Waals surface area contributed by atoms with Crippen molar-refractivity contribution in [2.24, 2.45) is 0 Å². The molecule has 0 spiro atoms. The van der Waals surface area contributed by atoms with Gasteiger partial charge >= 0.3 is 6.18 Å². The van der Waals surface area contributed by atoms with Gasteiger partial charge in [0.15, 0.2) is 0 Å². The van der Waals surface area contributed by atoms with Crippen molar-refractivity contribution in [3.8, 4) is 16.3 Å². The molecule has 0 aliphatic heterocycles. The fourth-order valence-electron chi connectivity index (χ4n) is 2.29. The summed E-state index contributed by atoms with van der Waals surface area (Å²) in [4.78, 5) is 4.39. The summed E-state index contributed by atoms with van der Waals surface area (Å²) >= 11 is 1.38. The molecule has 0 aliphatic carbocycles. The SMILES string of the molecule is COc1ccc(-c2nc3c(C)c(C(F)(F)F)ccc3s2)cc1. The Morgan fingerprint density at radius 1 is 1.05 bits per heavy atom. The van der Waals surface area contributed by atoms with Crippen LogP contribution < -0.4 is 4.74 Å². The summed E-state index contributed by atoms with van der Waals surface area (Å²) in [6.45, 7) is 1.46. The molecular weight excluding hydrogens is 311 g/mol. The first-order chi connectivity index (χ1) is 10.4. The van der Waals surface area contributed by atoms with E-state index in [1.54, 1.807) is 19.2 Å². The summed E-state index contributed by atoms with van der Waals surface area (Å²) < 4.78 is 44.7. The molecule has 0 fully saturated rings. The number of aryl methyl sites for hydroxylation is 1. The van der Waals surface area contributed by atoms with E-state index in [1.165, 1.54) is 24.3 Å². The van der Waals surface area contributed by atoms with Crippen molar-refractivity contribution in [2.45, 2.75) is 13.1 Å². The number of benzene rings is 2. The zero-order chi connectivity index (χ0) is 15.9. The molecule has 6 heteroatoms. The molecule has 1 heterocycles. The summed E-state index contributed by atoms with van der Waals surface area (Å²) in [6.07, 6.45) is -4.36. The molecule has 2 nitrogen and oxygen atoms in total. The number of methoxy groups -OCH3 is 1. The van der Waals surface area contributed by atoms with E-state index >= 15 is 0 Å². The largest absolute Gasteiger partial charge is 0.497 e. The second-order valence-electron chi connectivity index (χ2n) is 4.83. The topological polar surface area (TPSA) is 22.1 Å². The lowest BCUT2D eigenvalue weighted by atomic mass is 10.1. The van der Waals surface area contributed by atoms with Gasteiger partial charge in [-0.15, -0.1) is 11.3 Å². The number of halogens is 3. The molecule has 3 rings (SSSR count). The van der Waals surface area contributed by atoms with E-state index in [-0.39, 0.29) is 5.56 Å². The summed E-state index contributed by atoms with van der Waals surface area (Å²) in [7, 11) is 1.58. The van der Waals surface area contributed by atoms with Crippen molar-refractivity contribution in [1.29, 1.82) is 0 Å². The van der Waals surface area contributed by atoms with E-state index in [9.17, 15) is 13.2 Å². The third-order valence-corrected chi connectivity index (χ3v) is 4.53. The van der Waals surface area contributed by atoms with Crippen LogP contribution in [-0.2, 0) is 6.18 Å². The molecule has 0 saturated heterocycles. The van der Waals surface area contributed by atoms with Crippen LogP contribution in [0, 0.1) is 6.92 Å². The summed E-state index contributed by atoms with van der Waals surface area (Å²) in [6, 6.07) is 9.89. The van der Waals surface area contributed by atoms with E-state index in [0.717, 1.165) is 22.1 Å². The Labute approximate surface area is 129 Å². The minimum Gasteiger partial charge on any atom is -0.497 e. The van der Waals surface area contributed by atoms with E-state index in [4.69, 9.17) is 4.74 Å². The van der Waals surface area contributed by atoms with Crippen molar-refractivity contribution in [3.63, 3.8) is 0 Å². The minimum atomic E-state index is -4.36. The average Bonchev–Trinajstić information content (AvgIpc) is 2.91. The van der Waals surface area contributed by atoms with Gasteiger partial charge in [-0.1, -0.05) is 0 Å². The highest BCUT2D eigenvalue weighted by molar-refractivity contribution is 7.21. The standard InChI is InChI=1S/C16H12F3NOS/c1-9-12(16(17,18)19)7-8-13-14(9)20-15(22-13)10-3-5-11(21-2)6-4-10/h3-8H,1-2H3. The highest BCUT2D eigenvalue weighted by Gasteiger charge is 2.33. The Morgan fingerprint density at radius 3 is 2.32 bits per heavy atom. The van der Waals surface area contributed by atoms with Crippen molar-refractivity contribution in [3.05, 3.63) is 47.5 Å². The average molecular weight is 323 g/mol. The molecule has 22 heavy (non-hydrogen) atoms. The van der Waals surface area contributed by atoms with Crippen LogP contribution in [-0.4, -0.2) is 12.1 Å². The van der Waals surface area contributed by atoms with E-state index < -0.39 is 11.7 Å². The molecule has 1 aromatic heterocycles. The van der Waals surface area contributed by atoms with Crippen LogP contribution in [0.3, 0.4) is 0 Å². The lowest BCUT2D eigenvalue weighted by Crippen LogP contribution is -2.07. The Balaban J connectivity index is 2.11. The second kappa shape index (κ2) is 5.28. The fraction of sp³-hybridized carbons (Fsp3) is 0.188. The second-order valence-corrected chi connectivity index (χ2v) is 5.86. The summed E-state index contributed by atoms with van der Waals surface area (Å²) in [5.41, 5.74) is 0.799. The normalized spacial score (nSPS) is 11.9. The Hall–Kier alpha value is -2.08. The fourth-order valence-corrected chi connectivity index (χ4v) is 3.32. The van der Waals surface area contributed by atoms with Crippen LogP contribution >= 0.6 is 11.3 Å². The van der Waals surface area contributed by atoms with Gasteiger partial charge in [-0.3, -0.25) is 0 Å². The molecule has 2 aromatic carbocycles. The highest BCUT2D eigenvalue weighted by Crippen LogP contribution is 2.38. The third kappa shape index (κ3) is 2.54. The maximum Gasteiger partial charge on any atom is 0.416 e. The Morgan fingerprint density at radius 2 is 1.73 bits per heavy atom. The number of ether oxygens (including phenoxy) is 1. The Bertz CT molecular complexity index is 822. The maximum atomic E-state index is 13.0. The molecule has 0 radical (unpaired) electrons. The first kappa shape index (κ1) is 14.8. The number of nitrogens with zero attached hydrogens (tertiary/aromatic N) is 1. The zero-order valence-corrected chi connectivity index (χ0v) is 12.7. The first-order valence-corrected chi connectivity index (χ1v) is 7.33. The number of aromatic nitrogens is 1. The number of rotatable bonds is 2. The van der Waals surface area contributed by atoms with E-state index in [2.05, 4.69) is 4.98 Å². The lowest BCUT2D eigenvalue weighted by Gasteiger charge is -2.09. The molecule has 0 N–H and O–H groups in total. The van der Waals surface area contributed by atoms with Crippen molar-refractivity contribution < 1.29 is 17.9 Å². The van der Waals surface area contributed by atoms with Gasteiger partial charge in [-0.2, -0.15) is 13.2 Å². The predicted octanol–water partition coefficient (Wildman–Crippen LogP) is 5.30. The van der Waals surface area contributed by atoms with E-state index in [0.29, 0.717) is 10.5 Å². The molecule has 0 atom stereocenters. The van der Waals surface area contributed by atoms with Gasteiger partial charge in [0.25, 0.3) is 0 Å². The van der Waals surface area contributed by atoms with Crippen LogP contribution in [0.4, 0.5) is 13.2 Å². The van der Waals surface area contributed by atoms with Gasteiger partial charge in [0.1, 0.15) is 10.8 Å². The van der Waals surface area contributed by atoms with Crippen LogP contribution in [0.1, 0.15) is 11.1 Å². The van der Waals surface area contributed by atoms with Gasteiger partial charge in [0.05, 0.1) is 22.9 Å². The summed E-state index contributed by atoms with van der Waals surface area (Å²) in [5.74, 6) is 0.723. The molecule has 0 aliphatic rings. The van der Waals surface area contributed by atoms with E-state index in [1.807, 2.05) is 12.1 Å². The molecule has 0 unspecified atom stereocenters. The van der Waals surface area contributed by atoms with Gasteiger partial charge < -0.3 is 4.74 Å². The van der Waals surface area contributed by atoms with Gasteiger partial charge in [0, 0.05) is 5.56 Å². The quantitative estimate of drug-likeness (QED) is 0.638. The first-order valence-electron chi connectivity index (χ1n) is 6.52.